The third-order valence-electron chi connectivity index (χ3n) is 3.10. The zero-order valence-electron chi connectivity index (χ0n) is 11.1. The van der Waals surface area contributed by atoms with Crippen LogP contribution in [0.25, 0.3) is 0 Å². The number of aromatic nitrogens is 3. The van der Waals surface area contributed by atoms with E-state index in [1.807, 2.05) is 11.7 Å². The second kappa shape index (κ2) is 5.43. The minimum atomic E-state index is 0.286. The lowest BCUT2D eigenvalue weighted by atomic mass is 9.78. The van der Waals surface area contributed by atoms with E-state index in [0.29, 0.717) is 5.92 Å². The van der Waals surface area contributed by atoms with Crippen LogP contribution in [-0.2, 0) is 13.5 Å². The van der Waals surface area contributed by atoms with Gasteiger partial charge >= 0.3 is 0 Å². The van der Waals surface area contributed by atoms with E-state index >= 15 is 0 Å². The molecule has 0 spiro atoms. The van der Waals surface area contributed by atoms with Gasteiger partial charge in [-0.3, -0.25) is 4.68 Å². The van der Waals surface area contributed by atoms with E-state index in [1.165, 1.54) is 0 Å². The van der Waals surface area contributed by atoms with Crippen LogP contribution < -0.4 is 5.32 Å². The van der Waals surface area contributed by atoms with Crippen molar-refractivity contribution in [2.24, 2.45) is 18.4 Å². The average Bonchev–Trinajstić information content (AvgIpc) is 2.57. The first-order valence-electron chi connectivity index (χ1n) is 5.98. The van der Waals surface area contributed by atoms with Crippen molar-refractivity contribution in [3.63, 3.8) is 0 Å². The number of hydrogen-bond donors (Lipinski definition) is 1. The number of aryl methyl sites for hydroxylation is 1. The number of rotatable bonds is 5. The highest BCUT2D eigenvalue weighted by Crippen LogP contribution is 2.27. The maximum atomic E-state index is 4.30. The molecule has 1 unspecified atom stereocenters. The Morgan fingerprint density at radius 1 is 1.44 bits per heavy atom. The Kier molecular flexibility index (Phi) is 4.47. The summed E-state index contributed by atoms with van der Waals surface area (Å²) in [5.74, 6) is 1.65. The monoisotopic (exact) mass is 224 g/mol. The minimum absolute atomic E-state index is 0.286. The largest absolute Gasteiger partial charge is 0.317 e. The first-order chi connectivity index (χ1) is 7.45. The SMILES string of the molecule is CCNCC(Cc1ncnn1C)C(C)(C)C. The Balaban J connectivity index is 2.67. The van der Waals surface area contributed by atoms with Crippen LogP contribution in [0.1, 0.15) is 33.5 Å². The van der Waals surface area contributed by atoms with Gasteiger partial charge in [-0.1, -0.05) is 27.7 Å². The highest BCUT2D eigenvalue weighted by atomic mass is 15.3. The van der Waals surface area contributed by atoms with Gasteiger partial charge in [-0.2, -0.15) is 5.10 Å². The van der Waals surface area contributed by atoms with Crippen molar-refractivity contribution in [1.29, 1.82) is 0 Å². The predicted molar refractivity (Wildman–Crippen MR) is 66.2 cm³/mol. The van der Waals surface area contributed by atoms with Gasteiger partial charge in [0.1, 0.15) is 12.2 Å². The average molecular weight is 224 g/mol. The maximum absolute atomic E-state index is 4.30. The molecule has 1 aromatic rings. The minimum Gasteiger partial charge on any atom is -0.317 e. The first-order valence-corrected chi connectivity index (χ1v) is 5.98. The molecule has 92 valence electrons. The summed E-state index contributed by atoms with van der Waals surface area (Å²) in [5.41, 5.74) is 0.286. The molecular weight excluding hydrogens is 200 g/mol. The summed E-state index contributed by atoms with van der Waals surface area (Å²) >= 11 is 0. The van der Waals surface area contributed by atoms with Crippen molar-refractivity contribution in [2.75, 3.05) is 13.1 Å². The molecule has 0 aliphatic rings. The molecule has 4 heteroatoms. The molecular formula is C12H24N4. The molecule has 0 radical (unpaired) electrons. The lowest BCUT2D eigenvalue weighted by Crippen LogP contribution is -2.34. The van der Waals surface area contributed by atoms with Crippen molar-refractivity contribution in [2.45, 2.75) is 34.1 Å². The lowest BCUT2D eigenvalue weighted by molar-refractivity contribution is 0.227. The summed E-state index contributed by atoms with van der Waals surface area (Å²) in [7, 11) is 1.95. The fourth-order valence-corrected chi connectivity index (χ4v) is 1.73. The number of nitrogens with one attached hydrogen (secondary N) is 1. The van der Waals surface area contributed by atoms with Crippen LogP contribution in [0.4, 0.5) is 0 Å². The highest BCUT2D eigenvalue weighted by Gasteiger charge is 2.25. The van der Waals surface area contributed by atoms with Gasteiger partial charge < -0.3 is 5.32 Å². The van der Waals surface area contributed by atoms with E-state index in [2.05, 4.69) is 43.1 Å². The Bertz CT molecular complexity index is 311. The smallest absolute Gasteiger partial charge is 0.138 e. The van der Waals surface area contributed by atoms with Crippen molar-refractivity contribution >= 4 is 0 Å². The van der Waals surface area contributed by atoms with Crippen LogP contribution in [0.2, 0.25) is 0 Å². The van der Waals surface area contributed by atoms with E-state index in [0.717, 1.165) is 25.3 Å². The summed E-state index contributed by atoms with van der Waals surface area (Å²) in [6, 6.07) is 0. The summed E-state index contributed by atoms with van der Waals surface area (Å²) in [5, 5.41) is 7.55. The quantitative estimate of drug-likeness (QED) is 0.826. The number of nitrogens with zero attached hydrogens (tertiary/aromatic N) is 3. The summed E-state index contributed by atoms with van der Waals surface area (Å²) < 4.78 is 1.87. The topological polar surface area (TPSA) is 42.7 Å². The summed E-state index contributed by atoms with van der Waals surface area (Å²) in [6.07, 6.45) is 2.61. The van der Waals surface area contributed by atoms with Crippen LogP contribution in [0.5, 0.6) is 0 Å². The Labute approximate surface area is 98.5 Å². The zero-order chi connectivity index (χ0) is 12.2. The van der Waals surface area contributed by atoms with E-state index in [9.17, 15) is 0 Å². The van der Waals surface area contributed by atoms with Gasteiger partial charge in [0.05, 0.1) is 0 Å². The van der Waals surface area contributed by atoms with Crippen LogP contribution in [0.3, 0.4) is 0 Å². The van der Waals surface area contributed by atoms with Crippen LogP contribution in [-0.4, -0.2) is 27.9 Å². The molecule has 0 saturated carbocycles. The maximum Gasteiger partial charge on any atom is 0.138 e. The Morgan fingerprint density at radius 3 is 2.56 bits per heavy atom. The van der Waals surface area contributed by atoms with Gasteiger partial charge in [0.25, 0.3) is 0 Å². The fraction of sp³-hybridized carbons (Fsp3) is 0.833. The normalized spacial score (nSPS) is 14.1. The molecule has 1 aromatic heterocycles. The van der Waals surface area contributed by atoms with Crippen molar-refractivity contribution in [3.05, 3.63) is 12.2 Å². The third-order valence-corrected chi connectivity index (χ3v) is 3.10. The zero-order valence-corrected chi connectivity index (χ0v) is 11.1. The summed E-state index contributed by atoms with van der Waals surface area (Å²) in [4.78, 5) is 4.30. The fourth-order valence-electron chi connectivity index (χ4n) is 1.73. The lowest BCUT2D eigenvalue weighted by Gasteiger charge is -2.30. The number of hydrogen-bond acceptors (Lipinski definition) is 3. The third kappa shape index (κ3) is 3.59. The van der Waals surface area contributed by atoms with Crippen LogP contribution in [0, 0.1) is 11.3 Å². The molecule has 16 heavy (non-hydrogen) atoms. The molecule has 0 fully saturated rings. The highest BCUT2D eigenvalue weighted by molar-refractivity contribution is 4.90. The molecule has 0 amide bonds. The van der Waals surface area contributed by atoms with Gasteiger partial charge in [0.2, 0.25) is 0 Å². The van der Waals surface area contributed by atoms with Crippen LogP contribution >= 0.6 is 0 Å². The van der Waals surface area contributed by atoms with Gasteiger partial charge in [0, 0.05) is 13.5 Å². The molecule has 0 aliphatic carbocycles. The van der Waals surface area contributed by atoms with Crippen molar-refractivity contribution in [3.8, 4) is 0 Å². The van der Waals surface area contributed by atoms with E-state index < -0.39 is 0 Å². The molecule has 4 nitrogen and oxygen atoms in total. The van der Waals surface area contributed by atoms with E-state index in [4.69, 9.17) is 0 Å². The molecule has 0 saturated heterocycles. The van der Waals surface area contributed by atoms with Gasteiger partial charge in [-0.05, 0) is 24.4 Å². The molecule has 0 aromatic carbocycles. The standard InChI is InChI=1S/C12H24N4/c1-6-13-8-10(12(2,3)4)7-11-14-9-15-16(11)5/h9-10,13H,6-8H2,1-5H3. The molecule has 1 heterocycles. The van der Waals surface area contributed by atoms with E-state index in [-0.39, 0.29) is 5.41 Å². The first kappa shape index (κ1) is 13.2. The molecule has 1 N–H and O–H groups in total. The molecule has 0 bridgehead atoms. The van der Waals surface area contributed by atoms with Gasteiger partial charge in [-0.25, -0.2) is 4.98 Å². The van der Waals surface area contributed by atoms with Crippen LogP contribution in [0.15, 0.2) is 6.33 Å². The van der Waals surface area contributed by atoms with Gasteiger partial charge in [-0.15, -0.1) is 0 Å². The van der Waals surface area contributed by atoms with E-state index in [1.54, 1.807) is 6.33 Å². The van der Waals surface area contributed by atoms with Gasteiger partial charge in [0.15, 0.2) is 0 Å². The second-order valence-corrected chi connectivity index (χ2v) is 5.37. The molecule has 1 atom stereocenters. The molecule has 1 rings (SSSR count). The summed E-state index contributed by atoms with van der Waals surface area (Å²) in [6.45, 7) is 11.0. The Hall–Kier alpha value is -0.900. The Morgan fingerprint density at radius 2 is 2.12 bits per heavy atom. The van der Waals surface area contributed by atoms with Crippen molar-refractivity contribution < 1.29 is 0 Å². The predicted octanol–water partition coefficient (Wildman–Crippen LogP) is 1.63. The van der Waals surface area contributed by atoms with Crippen molar-refractivity contribution in [1.82, 2.24) is 20.1 Å². The second-order valence-electron chi connectivity index (χ2n) is 5.37. The molecule has 0 aliphatic heterocycles.